The zero-order valence-corrected chi connectivity index (χ0v) is 7.72. The molecular weight excluding hydrogens is 172 g/mol. The Kier molecular flexibility index (Phi) is 4.66. The molecule has 0 radical (unpaired) electrons. The first-order valence-electron chi connectivity index (χ1n) is 4.82. The summed E-state index contributed by atoms with van der Waals surface area (Å²) in [6.45, 7) is 0.856. The molecule has 3 unspecified atom stereocenters. The van der Waals surface area contributed by atoms with E-state index in [4.69, 9.17) is 9.84 Å². The van der Waals surface area contributed by atoms with E-state index in [9.17, 15) is 10.2 Å². The summed E-state index contributed by atoms with van der Waals surface area (Å²) in [5.41, 5.74) is 0. The van der Waals surface area contributed by atoms with Crippen LogP contribution in [-0.2, 0) is 4.74 Å². The zero-order valence-electron chi connectivity index (χ0n) is 7.72. The topological polar surface area (TPSA) is 73.2 Å². The summed E-state index contributed by atoms with van der Waals surface area (Å²) in [7, 11) is 0. The summed E-state index contributed by atoms with van der Waals surface area (Å²) in [4.78, 5) is 0. The molecule has 0 saturated carbocycles. The van der Waals surface area contributed by atoms with Crippen molar-refractivity contribution in [2.75, 3.05) is 13.2 Å². The standard InChI is InChI=1S/C9H18O4/c10-4-2-1-3-8(11)9(12)5-7-6-13-7/h7-12H,1-6H2. The Labute approximate surface area is 78.1 Å². The highest BCUT2D eigenvalue weighted by Gasteiger charge is 2.28. The summed E-state index contributed by atoms with van der Waals surface area (Å²) < 4.78 is 4.94. The average Bonchev–Trinajstić information content (AvgIpc) is 2.88. The van der Waals surface area contributed by atoms with E-state index < -0.39 is 12.2 Å². The van der Waals surface area contributed by atoms with Crippen LogP contribution in [0.1, 0.15) is 25.7 Å². The molecule has 3 atom stereocenters. The van der Waals surface area contributed by atoms with Crippen LogP contribution in [-0.4, -0.2) is 46.8 Å². The first-order valence-corrected chi connectivity index (χ1v) is 4.82. The fourth-order valence-corrected chi connectivity index (χ4v) is 1.29. The second kappa shape index (κ2) is 5.54. The SMILES string of the molecule is OCCCCC(O)C(O)CC1CO1. The number of ether oxygens (including phenoxy) is 1. The van der Waals surface area contributed by atoms with Gasteiger partial charge in [-0.1, -0.05) is 0 Å². The van der Waals surface area contributed by atoms with Gasteiger partial charge in [0.2, 0.25) is 0 Å². The molecule has 13 heavy (non-hydrogen) atoms. The van der Waals surface area contributed by atoms with Crippen molar-refractivity contribution >= 4 is 0 Å². The molecule has 0 aromatic heterocycles. The van der Waals surface area contributed by atoms with Crippen molar-refractivity contribution in [3.63, 3.8) is 0 Å². The Balaban J connectivity index is 2.02. The van der Waals surface area contributed by atoms with Gasteiger partial charge in [0.25, 0.3) is 0 Å². The third-order valence-corrected chi connectivity index (χ3v) is 2.26. The number of hydrogen-bond donors (Lipinski definition) is 3. The molecule has 0 spiro atoms. The van der Waals surface area contributed by atoms with Crippen molar-refractivity contribution in [2.24, 2.45) is 0 Å². The molecule has 1 fully saturated rings. The largest absolute Gasteiger partial charge is 0.396 e. The molecule has 4 nitrogen and oxygen atoms in total. The van der Waals surface area contributed by atoms with Crippen LogP contribution in [0.25, 0.3) is 0 Å². The van der Waals surface area contributed by atoms with Crippen LogP contribution in [0, 0.1) is 0 Å². The van der Waals surface area contributed by atoms with E-state index in [-0.39, 0.29) is 12.7 Å². The first kappa shape index (κ1) is 10.9. The fourth-order valence-electron chi connectivity index (χ4n) is 1.29. The lowest BCUT2D eigenvalue weighted by atomic mass is 10.0. The molecule has 1 saturated heterocycles. The summed E-state index contributed by atoms with van der Waals surface area (Å²) in [5.74, 6) is 0. The van der Waals surface area contributed by atoms with Crippen molar-refractivity contribution in [1.29, 1.82) is 0 Å². The molecule has 1 aliphatic rings. The lowest BCUT2D eigenvalue weighted by Gasteiger charge is -2.16. The van der Waals surface area contributed by atoms with Gasteiger partial charge in [-0.3, -0.25) is 0 Å². The Bertz CT molecular complexity index is 136. The van der Waals surface area contributed by atoms with Crippen LogP contribution in [0.4, 0.5) is 0 Å². The summed E-state index contributed by atoms with van der Waals surface area (Å²) in [6.07, 6.45) is 1.32. The second-order valence-electron chi connectivity index (χ2n) is 3.55. The van der Waals surface area contributed by atoms with E-state index >= 15 is 0 Å². The van der Waals surface area contributed by atoms with E-state index in [2.05, 4.69) is 0 Å². The first-order chi connectivity index (χ1) is 6.24. The zero-order chi connectivity index (χ0) is 9.68. The maximum Gasteiger partial charge on any atom is 0.0835 e. The van der Waals surface area contributed by atoms with Crippen LogP contribution >= 0.6 is 0 Å². The number of aliphatic hydroxyl groups is 3. The highest BCUT2D eigenvalue weighted by atomic mass is 16.6. The molecule has 1 heterocycles. The summed E-state index contributed by atoms with van der Waals surface area (Å²) in [5, 5.41) is 27.4. The van der Waals surface area contributed by atoms with Gasteiger partial charge in [-0.05, 0) is 19.3 Å². The van der Waals surface area contributed by atoms with Gasteiger partial charge in [-0.25, -0.2) is 0 Å². The maximum absolute atomic E-state index is 9.43. The van der Waals surface area contributed by atoms with Crippen molar-refractivity contribution in [3.8, 4) is 0 Å². The second-order valence-corrected chi connectivity index (χ2v) is 3.55. The summed E-state index contributed by atoms with van der Waals surface area (Å²) >= 11 is 0. The van der Waals surface area contributed by atoms with E-state index in [1.165, 1.54) is 0 Å². The van der Waals surface area contributed by atoms with Gasteiger partial charge < -0.3 is 20.1 Å². The Morgan fingerprint density at radius 3 is 2.46 bits per heavy atom. The molecule has 0 aromatic carbocycles. The lowest BCUT2D eigenvalue weighted by Crippen LogP contribution is -2.27. The van der Waals surface area contributed by atoms with Gasteiger partial charge in [-0.15, -0.1) is 0 Å². The van der Waals surface area contributed by atoms with E-state index in [0.717, 1.165) is 6.42 Å². The Morgan fingerprint density at radius 2 is 1.92 bits per heavy atom. The van der Waals surface area contributed by atoms with Gasteiger partial charge in [0, 0.05) is 13.0 Å². The molecular formula is C9H18O4. The monoisotopic (exact) mass is 190 g/mol. The number of hydrogen-bond acceptors (Lipinski definition) is 4. The molecule has 0 amide bonds. The number of epoxide rings is 1. The third kappa shape index (κ3) is 4.57. The summed E-state index contributed by atoms with van der Waals surface area (Å²) in [6, 6.07) is 0. The average molecular weight is 190 g/mol. The van der Waals surface area contributed by atoms with E-state index in [0.29, 0.717) is 25.9 Å². The molecule has 4 heteroatoms. The maximum atomic E-state index is 9.43. The van der Waals surface area contributed by atoms with Crippen LogP contribution in [0.3, 0.4) is 0 Å². The van der Waals surface area contributed by atoms with Gasteiger partial charge >= 0.3 is 0 Å². The number of rotatable bonds is 7. The van der Waals surface area contributed by atoms with Crippen LogP contribution < -0.4 is 0 Å². The van der Waals surface area contributed by atoms with Gasteiger partial charge in [0.15, 0.2) is 0 Å². The smallest absolute Gasteiger partial charge is 0.0835 e. The lowest BCUT2D eigenvalue weighted by molar-refractivity contribution is 0.00412. The fraction of sp³-hybridized carbons (Fsp3) is 1.00. The van der Waals surface area contributed by atoms with Crippen molar-refractivity contribution < 1.29 is 20.1 Å². The molecule has 78 valence electrons. The van der Waals surface area contributed by atoms with Crippen LogP contribution in [0.2, 0.25) is 0 Å². The minimum absolute atomic E-state index is 0.147. The predicted molar refractivity (Wildman–Crippen MR) is 47.3 cm³/mol. The van der Waals surface area contributed by atoms with Gasteiger partial charge in [-0.2, -0.15) is 0 Å². The molecule has 0 aromatic rings. The quantitative estimate of drug-likeness (QED) is 0.379. The number of unbranched alkanes of at least 4 members (excludes halogenated alkanes) is 1. The molecule has 1 aliphatic heterocycles. The highest BCUT2D eigenvalue weighted by molar-refractivity contribution is 4.77. The van der Waals surface area contributed by atoms with E-state index in [1.54, 1.807) is 0 Å². The van der Waals surface area contributed by atoms with Gasteiger partial charge in [0.1, 0.15) is 0 Å². The van der Waals surface area contributed by atoms with Crippen molar-refractivity contribution in [1.82, 2.24) is 0 Å². The normalized spacial score (nSPS) is 25.6. The minimum atomic E-state index is -0.675. The van der Waals surface area contributed by atoms with Gasteiger partial charge in [0.05, 0.1) is 24.9 Å². The molecule has 3 N–H and O–H groups in total. The van der Waals surface area contributed by atoms with Crippen molar-refractivity contribution in [2.45, 2.75) is 44.0 Å². The van der Waals surface area contributed by atoms with Crippen molar-refractivity contribution in [3.05, 3.63) is 0 Å². The minimum Gasteiger partial charge on any atom is -0.396 e. The molecule has 0 aliphatic carbocycles. The van der Waals surface area contributed by atoms with E-state index in [1.807, 2.05) is 0 Å². The third-order valence-electron chi connectivity index (χ3n) is 2.26. The van der Waals surface area contributed by atoms with Crippen LogP contribution in [0.5, 0.6) is 0 Å². The highest BCUT2D eigenvalue weighted by Crippen LogP contribution is 2.18. The molecule has 0 bridgehead atoms. The molecule has 1 rings (SSSR count). The Hall–Kier alpha value is -0.160. The Morgan fingerprint density at radius 1 is 1.23 bits per heavy atom. The number of aliphatic hydroxyl groups excluding tert-OH is 3. The van der Waals surface area contributed by atoms with Crippen LogP contribution in [0.15, 0.2) is 0 Å². The predicted octanol–water partition coefficient (Wildman–Crippen LogP) is -0.340.